The van der Waals surface area contributed by atoms with Gasteiger partial charge < -0.3 is 5.11 Å². The molecule has 0 atom stereocenters. The van der Waals surface area contributed by atoms with Gasteiger partial charge in [0.05, 0.1) is 27.0 Å². The number of halogens is 2. The van der Waals surface area contributed by atoms with E-state index in [1.807, 2.05) is 0 Å². The molecule has 0 saturated heterocycles. The quantitative estimate of drug-likeness (QED) is 0.398. The summed E-state index contributed by atoms with van der Waals surface area (Å²) < 4.78 is 40.7. The first kappa shape index (κ1) is 23.2. The minimum Gasteiger partial charge on any atom is -0.384 e. The van der Waals surface area contributed by atoms with Crippen LogP contribution in [0.3, 0.4) is 0 Å². The molecule has 0 spiro atoms. The zero-order chi connectivity index (χ0) is 24.0. The molecular formula is C25H22ClFN2O3S. The summed E-state index contributed by atoms with van der Waals surface area (Å²) in [4.78, 5) is 0.163. The molecule has 5 nitrogen and oxygen atoms in total. The Balaban J connectivity index is 1.86. The van der Waals surface area contributed by atoms with Crippen LogP contribution in [0.2, 0.25) is 5.02 Å². The lowest BCUT2D eigenvalue weighted by atomic mass is 10.0. The van der Waals surface area contributed by atoms with E-state index in [1.54, 1.807) is 68.4 Å². The number of aromatic nitrogens is 2. The molecule has 4 rings (SSSR count). The van der Waals surface area contributed by atoms with Crippen molar-refractivity contribution >= 4 is 21.4 Å². The summed E-state index contributed by atoms with van der Waals surface area (Å²) in [5, 5.41) is 15.4. The fourth-order valence-corrected chi connectivity index (χ4v) is 4.37. The largest absolute Gasteiger partial charge is 0.384 e. The number of rotatable bonds is 5. The fourth-order valence-electron chi connectivity index (χ4n) is 3.49. The molecule has 0 radical (unpaired) electrons. The Morgan fingerprint density at radius 2 is 1.67 bits per heavy atom. The molecule has 0 fully saturated rings. The Morgan fingerprint density at radius 1 is 0.970 bits per heavy atom. The Bertz CT molecular complexity index is 1460. The third kappa shape index (κ3) is 4.71. The summed E-state index contributed by atoms with van der Waals surface area (Å²) in [5.41, 5.74) is 1.48. The molecule has 1 heterocycles. The van der Waals surface area contributed by atoms with Gasteiger partial charge in [-0.15, -0.1) is 0 Å². The van der Waals surface area contributed by atoms with Crippen LogP contribution in [0, 0.1) is 5.82 Å². The molecule has 170 valence electrons. The Hall–Kier alpha value is -3.00. The SMILES string of the molecule is CC(C)(O)c1cc(-c2ccc(-c3cccc(S(C)(=O)=O)c3)cc2F)n(-c2ccccc2Cl)n1. The molecule has 0 aliphatic rings. The molecule has 0 bridgehead atoms. The van der Waals surface area contributed by atoms with Crippen LogP contribution in [0.15, 0.2) is 77.7 Å². The van der Waals surface area contributed by atoms with E-state index in [0.717, 1.165) is 6.26 Å². The van der Waals surface area contributed by atoms with Crippen molar-refractivity contribution < 1.29 is 17.9 Å². The minimum absolute atomic E-state index is 0.163. The third-order valence-corrected chi connectivity index (χ3v) is 6.69. The van der Waals surface area contributed by atoms with Crippen molar-refractivity contribution in [3.8, 4) is 28.1 Å². The van der Waals surface area contributed by atoms with Crippen molar-refractivity contribution in [1.29, 1.82) is 0 Å². The fraction of sp³-hybridized carbons (Fsp3) is 0.160. The summed E-state index contributed by atoms with van der Waals surface area (Å²) in [6, 6.07) is 19.7. The second kappa shape index (κ2) is 8.41. The van der Waals surface area contributed by atoms with E-state index in [-0.39, 0.29) is 10.5 Å². The van der Waals surface area contributed by atoms with Gasteiger partial charge in [0, 0.05) is 11.8 Å². The number of hydrogen-bond acceptors (Lipinski definition) is 4. The second-order valence-electron chi connectivity index (χ2n) is 8.33. The van der Waals surface area contributed by atoms with E-state index in [0.29, 0.717) is 33.2 Å². The number of sulfone groups is 1. The molecule has 33 heavy (non-hydrogen) atoms. The Labute approximate surface area is 197 Å². The van der Waals surface area contributed by atoms with E-state index in [4.69, 9.17) is 11.6 Å². The summed E-state index contributed by atoms with van der Waals surface area (Å²) in [5.74, 6) is -0.521. The highest BCUT2D eigenvalue weighted by molar-refractivity contribution is 7.90. The number of nitrogens with zero attached hydrogens (tertiary/aromatic N) is 2. The van der Waals surface area contributed by atoms with Crippen LogP contribution < -0.4 is 0 Å². The molecule has 8 heteroatoms. The molecule has 3 aromatic carbocycles. The first-order valence-corrected chi connectivity index (χ1v) is 12.4. The summed E-state index contributed by atoms with van der Waals surface area (Å²) in [6.07, 6.45) is 1.13. The molecule has 0 unspecified atom stereocenters. The molecule has 0 aliphatic heterocycles. The van der Waals surface area contributed by atoms with Crippen molar-refractivity contribution in [2.24, 2.45) is 0 Å². The zero-order valence-electron chi connectivity index (χ0n) is 18.3. The number of benzene rings is 3. The lowest BCUT2D eigenvalue weighted by molar-refractivity contribution is 0.0734. The molecular weight excluding hydrogens is 463 g/mol. The van der Waals surface area contributed by atoms with Gasteiger partial charge in [-0.25, -0.2) is 17.5 Å². The van der Waals surface area contributed by atoms with Crippen molar-refractivity contribution in [2.75, 3.05) is 6.26 Å². The van der Waals surface area contributed by atoms with Crippen LogP contribution in [0.1, 0.15) is 19.5 Å². The normalized spacial score (nSPS) is 12.2. The van der Waals surface area contributed by atoms with E-state index in [1.165, 1.54) is 22.9 Å². The van der Waals surface area contributed by atoms with Gasteiger partial charge in [-0.3, -0.25) is 0 Å². The first-order chi connectivity index (χ1) is 15.4. The van der Waals surface area contributed by atoms with Crippen molar-refractivity contribution in [3.05, 3.63) is 89.3 Å². The topological polar surface area (TPSA) is 72.2 Å². The van der Waals surface area contributed by atoms with Crippen molar-refractivity contribution in [1.82, 2.24) is 9.78 Å². The van der Waals surface area contributed by atoms with Gasteiger partial charge in [-0.1, -0.05) is 41.9 Å². The van der Waals surface area contributed by atoms with Crippen LogP contribution >= 0.6 is 11.6 Å². The highest BCUT2D eigenvalue weighted by Crippen LogP contribution is 2.34. The third-order valence-electron chi connectivity index (χ3n) is 5.26. The second-order valence-corrected chi connectivity index (χ2v) is 10.8. The average molecular weight is 485 g/mol. The van der Waals surface area contributed by atoms with E-state index in [2.05, 4.69) is 5.10 Å². The standard InChI is InChI=1S/C25H22ClFN2O3S/c1-25(2,30)24-15-23(29(28-24)22-10-5-4-9-20(22)26)19-12-11-17(14-21(19)27)16-7-6-8-18(13-16)33(3,31)32/h4-15,30H,1-3H3. The van der Waals surface area contributed by atoms with Crippen molar-refractivity contribution in [2.45, 2.75) is 24.3 Å². The first-order valence-electron chi connectivity index (χ1n) is 10.1. The van der Waals surface area contributed by atoms with Crippen LogP contribution in [-0.4, -0.2) is 29.6 Å². The van der Waals surface area contributed by atoms with Crippen molar-refractivity contribution in [3.63, 3.8) is 0 Å². The van der Waals surface area contributed by atoms with Gasteiger partial charge in [-0.05, 0) is 67.4 Å². The van der Waals surface area contributed by atoms with Gasteiger partial charge in [0.25, 0.3) is 0 Å². The average Bonchev–Trinajstić information content (AvgIpc) is 3.19. The van der Waals surface area contributed by atoms with E-state index in [9.17, 15) is 13.5 Å². The summed E-state index contributed by atoms with van der Waals surface area (Å²) in [6.45, 7) is 3.20. The molecule has 1 N–H and O–H groups in total. The minimum atomic E-state index is -3.39. The predicted molar refractivity (Wildman–Crippen MR) is 128 cm³/mol. The summed E-state index contributed by atoms with van der Waals surface area (Å²) in [7, 11) is -3.39. The Morgan fingerprint density at radius 3 is 2.30 bits per heavy atom. The monoisotopic (exact) mass is 484 g/mol. The molecule has 0 aliphatic carbocycles. The summed E-state index contributed by atoms with van der Waals surface area (Å²) >= 11 is 6.37. The molecule has 1 aromatic heterocycles. The molecule has 4 aromatic rings. The predicted octanol–water partition coefficient (Wildman–Crippen LogP) is 5.63. The van der Waals surface area contributed by atoms with Gasteiger partial charge >= 0.3 is 0 Å². The van der Waals surface area contributed by atoms with Gasteiger partial charge in [0.15, 0.2) is 9.84 Å². The maximum absolute atomic E-state index is 15.4. The molecule has 0 amide bonds. The smallest absolute Gasteiger partial charge is 0.175 e. The van der Waals surface area contributed by atoms with Crippen LogP contribution in [0.5, 0.6) is 0 Å². The molecule has 0 saturated carbocycles. The number of aliphatic hydroxyl groups is 1. The Kier molecular flexibility index (Phi) is 5.90. The highest BCUT2D eigenvalue weighted by atomic mass is 35.5. The van der Waals surface area contributed by atoms with Crippen LogP contribution in [0.25, 0.3) is 28.1 Å². The van der Waals surface area contributed by atoms with Gasteiger partial charge in [-0.2, -0.15) is 5.10 Å². The van der Waals surface area contributed by atoms with Gasteiger partial charge in [0.2, 0.25) is 0 Å². The van der Waals surface area contributed by atoms with Crippen LogP contribution in [0.4, 0.5) is 4.39 Å². The zero-order valence-corrected chi connectivity index (χ0v) is 19.8. The lowest BCUT2D eigenvalue weighted by Gasteiger charge is -2.13. The maximum Gasteiger partial charge on any atom is 0.175 e. The highest BCUT2D eigenvalue weighted by Gasteiger charge is 2.25. The van der Waals surface area contributed by atoms with E-state index >= 15 is 4.39 Å². The lowest BCUT2D eigenvalue weighted by Crippen LogP contribution is -2.16. The van der Waals surface area contributed by atoms with E-state index < -0.39 is 21.3 Å². The number of para-hydroxylation sites is 1. The van der Waals surface area contributed by atoms with Gasteiger partial charge in [0.1, 0.15) is 11.4 Å². The number of hydrogen-bond donors (Lipinski definition) is 1. The van der Waals surface area contributed by atoms with Crippen LogP contribution in [-0.2, 0) is 15.4 Å². The maximum atomic E-state index is 15.4.